The maximum absolute atomic E-state index is 11.9. The maximum Gasteiger partial charge on any atom is 0.239 e. The third kappa shape index (κ3) is 3.28. The van der Waals surface area contributed by atoms with Crippen molar-refractivity contribution in [3.05, 3.63) is 22.4 Å². The van der Waals surface area contributed by atoms with E-state index in [4.69, 9.17) is 10.5 Å². The lowest BCUT2D eigenvalue weighted by atomic mass is 10.1. The van der Waals surface area contributed by atoms with Crippen LogP contribution in [0.4, 0.5) is 0 Å². The predicted molar refractivity (Wildman–Crippen MR) is 67.8 cm³/mol. The number of hydrogen-bond donors (Lipinski definition) is 2. The van der Waals surface area contributed by atoms with Gasteiger partial charge in [0.1, 0.15) is 6.04 Å². The Labute approximate surface area is 105 Å². The number of thiophene rings is 1. The molecule has 1 aliphatic rings. The van der Waals surface area contributed by atoms with Crippen LogP contribution in [0.15, 0.2) is 17.5 Å². The van der Waals surface area contributed by atoms with Gasteiger partial charge in [0.25, 0.3) is 0 Å². The molecule has 1 aliphatic carbocycles. The van der Waals surface area contributed by atoms with Gasteiger partial charge in [-0.25, -0.2) is 0 Å². The average Bonchev–Trinajstić information content (AvgIpc) is 3.01. The second-order valence-corrected chi connectivity index (χ2v) is 5.38. The fourth-order valence-corrected chi connectivity index (χ4v) is 2.70. The number of carbonyl (C=O) groups is 1. The Bertz CT molecular complexity index is 363. The summed E-state index contributed by atoms with van der Waals surface area (Å²) >= 11 is 1.68. The van der Waals surface area contributed by atoms with E-state index in [1.807, 2.05) is 11.4 Å². The monoisotopic (exact) mass is 254 g/mol. The van der Waals surface area contributed by atoms with Crippen molar-refractivity contribution in [3.8, 4) is 0 Å². The first-order valence-corrected chi connectivity index (χ1v) is 6.68. The highest BCUT2D eigenvalue weighted by molar-refractivity contribution is 7.10. The molecule has 94 valence electrons. The van der Waals surface area contributed by atoms with Gasteiger partial charge < -0.3 is 15.8 Å². The third-order valence-corrected chi connectivity index (χ3v) is 3.88. The van der Waals surface area contributed by atoms with E-state index in [1.54, 1.807) is 18.4 Å². The molecule has 0 aromatic carbocycles. The van der Waals surface area contributed by atoms with Gasteiger partial charge in [0.2, 0.25) is 5.91 Å². The highest BCUT2D eigenvalue weighted by Crippen LogP contribution is 2.42. The minimum Gasteiger partial charge on any atom is -0.383 e. The van der Waals surface area contributed by atoms with Gasteiger partial charge in [-0.05, 0) is 30.2 Å². The number of rotatable bonds is 6. The molecular weight excluding hydrogens is 236 g/mol. The summed E-state index contributed by atoms with van der Waals surface area (Å²) in [6.07, 6.45) is 2.37. The summed E-state index contributed by atoms with van der Waals surface area (Å²) in [5.74, 6) is 0.449. The number of ether oxygens (including phenoxy) is 1. The minimum atomic E-state index is -0.582. The van der Waals surface area contributed by atoms with Crippen LogP contribution in [0, 0.1) is 5.92 Å². The Balaban J connectivity index is 1.96. The van der Waals surface area contributed by atoms with Crippen molar-refractivity contribution in [1.82, 2.24) is 5.32 Å². The van der Waals surface area contributed by atoms with Crippen LogP contribution in [-0.2, 0) is 9.53 Å². The number of hydrogen-bond acceptors (Lipinski definition) is 4. The van der Waals surface area contributed by atoms with E-state index in [0.717, 1.165) is 0 Å². The van der Waals surface area contributed by atoms with Crippen molar-refractivity contribution < 1.29 is 9.53 Å². The molecule has 1 amide bonds. The van der Waals surface area contributed by atoms with Crippen molar-refractivity contribution in [2.75, 3.05) is 13.7 Å². The van der Waals surface area contributed by atoms with Crippen molar-refractivity contribution in [3.63, 3.8) is 0 Å². The van der Waals surface area contributed by atoms with Crippen LogP contribution in [0.2, 0.25) is 0 Å². The number of methoxy groups -OCH3 is 1. The van der Waals surface area contributed by atoms with Crippen LogP contribution >= 0.6 is 11.3 Å². The molecule has 3 N–H and O–H groups in total. The van der Waals surface area contributed by atoms with Crippen LogP contribution in [-0.4, -0.2) is 25.7 Å². The van der Waals surface area contributed by atoms with Crippen LogP contribution in [0.25, 0.3) is 0 Å². The second kappa shape index (κ2) is 5.62. The van der Waals surface area contributed by atoms with Gasteiger partial charge in [0, 0.05) is 12.0 Å². The lowest BCUT2D eigenvalue weighted by Gasteiger charge is -2.19. The fraction of sp³-hybridized carbons (Fsp3) is 0.583. The van der Waals surface area contributed by atoms with Crippen LogP contribution in [0.3, 0.4) is 0 Å². The van der Waals surface area contributed by atoms with Gasteiger partial charge >= 0.3 is 0 Å². The molecule has 0 saturated heterocycles. The van der Waals surface area contributed by atoms with Crippen molar-refractivity contribution >= 4 is 17.2 Å². The first-order chi connectivity index (χ1) is 8.22. The lowest BCUT2D eigenvalue weighted by Crippen LogP contribution is -2.45. The Kier molecular flexibility index (Phi) is 4.15. The van der Waals surface area contributed by atoms with E-state index in [2.05, 4.69) is 11.4 Å². The van der Waals surface area contributed by atoms with E-state index in [1.165, 1.54) is 17.7 Å². The molecule has 5 heteroatoms. The Hall–Kier alpha value is -0.910. The van der Waals surface area contributed by atoms with Gasteiger partial charge in [-0.15, -0.1) is 11.3 Å². The molecule has 0 bridgehead atoms. The summed E-state index contributed by atoms with van der Waals surface area (Å²) in [6.45, 7) is 0.258. The molecule has 17 heavy (non-hydrogen) atoms. The van der Waals surface area contributed by atoms with Crippen molar-refractivity contribution in [2.45, 2.75) is 24.9 Å². The third-order valence-electron chi connectivity index (χ3n) is 2.92. The van der Waals surface area contributed by atoms with E-state index < -0.39 is 6.04 Å². The molecule has 2 unspecified atom stereocenters. The summed E-state index contributed by atoms with van der Waals surface area (Å²) in [5, 5.41) is 5.07. The zero-order chi connectivity index (χ0) is 12.3. The minimum absolute atomic E-state index is 0.128. The Morgan fingerprint density at radius 3 is 3.00 bits per heavy atom. The normalized spacial score (nSPS) is 18.7. The first-order valence-electron chi connectivity index (χ1n) is 5.80. The standard InChI is InChI=1S/C12H18N2O2S/c1-16-7-9(13)12(15)14-11(8-4-5-8)10-3-2-6-17-10/h2-3,6,8-9,11H,4-5,7,13H2,1H3,(H,14,15). The lowest BCUT2D eigenvalue weighted by molar-refractivity contribution is -0.124. The SMILES string of the molecule is COCC(N)C(=O)NC(c1cccs1)C1CC1. The van der Waals surface area contributed by atoms with Crippen LogP contribution in [0.5, 0.6) is 0 Å². The molecule has 1 saturated carbocycles. The van der Waals surface area contributed by atoms with Crippen LogP contribution in [0.1, 0.15) is 23.8 Å². The summed E-state index contributed by atoms with van der Waals surface area (Å²) in [6, 6.07) is 3.62. The van der Waals surface area contributed by atoms with E-state index in [0.29, 0.717) is 5.92 Å². The maximum atomic E-state index is 11.9. The number of nitrogens with two attached hydrogens (primary N) is 1. The fourth-order valence-electron chi connectivity index (χ4n) is 1.83. The molecule has 0 radical (unpaired) electrons. The second-order valence-electron chi connectivity index (χ2n) is 4.40. The smallest absolute Gasteiger partial charge is 0.239 e. The van der Waals surface area contributed by atoms with E-state index >= 15 is 0 Å². The molecule has 4 nitrogen and oxygen atoms in total. The zero-order valence-corrected chi connectivity index (χ0v) is 10.7. The van der Waals surface area contributed by atoms with Crippen LogP contribution < -0.4 is 11.1 Å². The first kappa shape index (κ1) is 12.5. The van der Waals surface area contributed by atoms with Gasteiger partial charge in [-0.2, -0.15) is 0 Å². The quantitative estimate of drug-likeness (QED) is 0.804. The highest BCUT2D eigenvalue weighted by atomic mass is 32.1. The van der Waals surface area contributed by atoms with E-state index in [-0.39, 0.29) is 18.6 Å². The van der Waals surface area contributed by atoms with E-state index in [9.17, 15) is 4.79 Å². The number of nitrogens with one attached hydrogen (secondary N) is 1. The van der Waals surface area contributed by atoms with Crippen molar-refractivity contribution in [1.29, 1.82) is 0 Å². The number of amides is 1. The van der Waals surface area contributed by atoms with Gasteiger partial charge in [0.05, 0.1) is 12.6 Å². The summed E-state index contributed by atoms with van der Waals surface area (Å²) in [4.78, 5) is 13.1. The molecular formula is C12H18N2O2S. The van der Waals surface area contributed by atoms with Gasteiger partial charge in [-0.1, -0.05) is 6.07 Å². The molecule has 1 heterocycles. The largest absolute Gasteiger partial charge is 0.383 e. The molecule has 2 rings (SSSR count). The summed E-state index contributed by atoms with van der Waals surface area (Å²) in [7, 11) is 1.55. The Morgan fingerprint density at radius 2 is 2.47 bits per heavy atom. The van der Waals surface area contributed by atoms with Gasteiger partial charge in [-0.3, -0.25) is 4.79 Å². The molecule has 2 atom stereocenters. The molecule has 1 fully saturated rings. The molecule has 0 aliphatic heterocycles. The number of carbonyl (C=O) groups excluding carboxylic acids is 1. The highest BCUT2D eigenvalue weighted by Gasteiger charge is 2.34. The molecule has 0 spiro atoms. The topological polar surface area (TPSA) is 64.3 Å². The van der Waals surface area contributed by atoms with Crippen molar-refractivity contribution in [2.24, 2.45) is 11.7 Å². The predicted octanol–water partition coefficient (Wildman–Crippen LogP) is 1.29. The summed E-state index contributed by atoms with van der Waals surface area (Å²) in [5.41, 5.74) is 5.72. The molecule has 1 aromatic rings. The van der Waals surface area contributed by atoms with Gasteiger partial charge in [0.15, 0.2) is 0 Å². The summed E-state index contributed by atoms with van der Waals surface area (Å²) < 4.78 is 4.89. The molecule has 1 aromatic heterocycles. The zero-order valence-electron chi connectivity index (χ0n) is 9.89. The Morgan fingerprint density at radius 1 is 1.71 bits per heavy atom. The average molecular weight is 254 g/mol.